The molecule has 5 heteroatoms. The molecule has 4 nitrogen and oxygen atoms in total. The molecule has 0 bridgehead atoms. The van der Waals surface area contributed by atoms with Crippen molar-refractivity contribution in [2.75, 3.05) is 20.2 Å². The van der Waals surface area contributed by atoms with E-state index in [-0.39, 0.29) is 17.8 Å². The first-order valence-corrected chi connectivity index (χ1v) is 7.46. The highest BCUT2D eigenvalue weighted by atomic mass is 35.5. The van der Waals surface area contributed by atoms with Gasteiger partial charge >= 0.3 is 5.97 Å². The fourth-order valence-corrected chi connectivity index (χ4v) is 2.76. The summed E-state index contributed by atoms with van der Waals surface area (Å²) in [5.41, 5.74) is 0.569. The minimum atomic E-state index is -0.470. The van der Waals surface area contributed by atoms with Crippen molar-refractivity contribution in [1.82, 2.24) is 5.32 Å². The number of ether oxygens (including phenoxy) is 2. The maximum Gasteiger partial charge on any atom is 0.311 e. The topological polar surface area (TPSA) is 47.6 Å². The molecule has 1 aromatic carbocycles. The number of esters is 1. The summed E-state index contributed by atoms with van der Waals surface area (Å²) in [5.74, 6) is 0.358. The summed E-state index contributed by atoms with van der Waals surface area (Å²) in [5, 5.41) is 3.84. The van der Waals surface area contributed by atoms with Crippen molar-refractivity contribution in [3.8, 4) is 5.75 Å². The van der Waals surface area contributed by atoms with Crippen LogP contribution in [0.2, 0.25) is 5.02 Å². The zero-order valence-electron chi connectivity index (χ0n) is 12.9. The molecule has 1 aliphatic heterocycles. The molecule has 0 saturated carbocycles. The standard InChI is InChI=1S/C16H22ClNO3/c1-16(2,3)21-15(19)12-9-18-8-11(12)10-5-6-13(17)14(7-10)20-4/h5-7,11-12,18H,8-9H2,1-4H3. The molecule has 1 aromatic rings. The number of carbonyl (C=O) groups is 1. The summed E-state index contributed by atoms with van der Waals surface area (Å²) >= 11 is 6.06. The van der Waals surface area contributed by atoms with Crippen molar-refractivity contribution in [3.63, 3.8) is 0 Å². The molecule has 1 fully saturated rings. The molecule has 1 heterocycles. The molecule has 0 spiro atoms. The highest BCUT2D eigenvalue weighted by Crippen LogP contribution is 2.34. The molecule has 21 heavy (non-hydrogen) atoms. The van der Waals surface area contributed by atoms with Crippen LogP contribution in [-0.4, -0.2) is 31.8 Å². The summed E-state index contributed by atoms with van der Waals surface area (Å²) in [6, 6.07) is 5.65. The summed E-state index contributed by atoms with van der Waals surface area (Å²) < 4.78 is 10.8. The van der Waals surface area contributed by atoms with Crippen LogP contribution in [0.3, 0.4) is 0 Å². The first kappa shape index (κ1) is 16.1. The van der Waals surface area contributed by atoms with Crippen molar-refractivity contribution >= 4 is 17.6 Å². The predicted octanol–water partition coefficient (Wildman–Crippen LogP) is 2.99. The Labute approximate surface area is 130 Å². The highest BCUT2D eigenvalue weighted by Gasteiger charge is 2.37. The molecule has 0 aromatic heterocycles. The third-order valence-corrected chi connectivity index (χ3v) is 3.84. The van der Waals surface area contributed by atoms with E-state index < -0.39 is 5.60 Å². The molecule has 1 aliphatic rings. The third kappa shape index (κ3) is 3.89. The van der Waals surface area contributed by atoms with Crippen LogP contribution in [0, 0.1) is 5.92 Å². The zero-order chi connectivity index (χ0) is 15.6. The van der Waals surface area contributed by atoms with Gasteiger partial charge in [0.05, 0.1) is 18.1 Å². The Morgan fingerprint density at radius 3 is 2.67 bits per heavy atom. The fourth-order valence-electron chi connectivity index (χ4n) is 2.56. The maximum absolute atomic E-state index is 12.3. The molecule has 0 radical (unpaired) electrons. The number of halogens is 1. The number of methoxy groups -OCH3 is 1. The molecule has 2 rings (SSSR count). The van der Waals surface area contributed by atoms with Gasteiger partial charge in [0.2, 0.25) is 0 Å². The lowest BCUT2D eigenvalue weighted by atomic mass is 9.88. The Kier molecular flexibility index (Phi) is 4.79. The number of nitrogens with one attached hydrogen (secondary N) is 1. The van der Waals surface area contributed by atoms with E-state index in [0.29, 0.717) is 17.3 Å². The molecular formula is C16H22ClNO3. The number of rotatable bonds is 3. The summed E-state index contributed by atoms with van der Waals surface area (Å²) in [6.45, 7) is 7.02. The average Bonchev–Trinajstić information content (AvgIpc) is 2.86. The van der Waals surface area contributed by atoms with E-state index >= 15 is 0 Å². The van der Waals surface area contributed by atoms with Crippen LogP contribution >= 0.6 is 11.6 Å². The van der Waals surface area contributed by atoms with Crippen LogP contribution < -0.4 is 10.1 Å². The van der Waals surface area contributed by atoms with Crippen LogP contribution in [0.25, 0.3) is 0 Å². The van der Waals surface area contributed by atoms with Gasteiger partial charge in [0.15, 0.2) is 0 Å². The monoisotopic (exact) mass is 311 g/mol. The molecule has 116 valence electrons. The van der Waals surface area contributed by atoms with Crippen molar-refractivity contribution in [2.45, 2.75) is 32.3 Å². The van der Waals surface area contributed by atoms with Gasteiger partial charge < -0.3 is 14.8 Å². The van der Waals surface area contributed by atoms with Crippen LogP contribution in [0.4, 0.5) is 0 Å². The quantitative estimate of drug-likeness (QED) is 0.872. The molecule has 2 atom stereocenters. The van der Waals surface area contributed by atoms with E-state index in [0.717, 1.165) is 12.1 Å². The van der Waals surface area contributed by atoms with Gasteiger partial charge in [-0.1, -0.05) is 17.7 Å². The number of carbonyl (C=O) groups excluding carboxylic acids is 1. The second-order valence-corrected chi connectivity index (χ2v) is 6.71. The normalized spacial score (nSPS) is 22.1. The van der Waals surface area contributed by atoms with Gasteiger partial charge in [-0.25, -0.2) is 0 Å². The second kappa shape index (κ2) is 6.24. The van der Waals surface area contributed by atoms with Crippen LogP contribution in [0.5, 0.6) is 5.75 Å². The van der Waals surface area contributed by atoms with Crippen LogP contribution in [-0.2, 0) is 9.53 Å². The summed E-state index contributed by atoms with van der Waals surface area (Å²) in [7, 11) is 1.59. The lowest BCUT2D eigenvalue weighted by Gasteiger charge is -2.25. The highest BCUT2D eigenvalue weighted by molar-refractivity contribution is 6.32. The van der Waals surface area contributed by atoms with E-state index in [2.05, 4.69) is 5.32 Å². The second-order valence-electron chi connectivity index (χ2n) is 6.30. The Bertz CT molecular complexity index is 525. The third-order valence-electron chi connectivity index (χ3n) is 3.53. The Hall–Kier alpha value is -1.26. The first-order chi connectivity index (χ1) is 9.81. The van der Waals surface area contributed by atoms with Gasteiger partial charge in [-0.3, -0.25) is 4.79 Å². The van der Waals surface area contributed by atoms with E-state index in [1.807, 2.05) is 32.9 Å². The van der Waals surface area contributed by atoms with Gasteiger partial charge in [-0.2, -0.15) is 0 Å². The molecular weight excluding hydrogens is 290 g/mol. The van der Waals surface area contributed by atoms with E-state index in [1.165, 1.54) is 0 Å². The van der Waals surface area contributed by atoms with Crippen LogP contribution in [0.1, 0.15) is 32.3 Å². The predicted molar refractivity (Wildman–Crippen MR) is 82.9 cm³/mol. The number of hydrogen-bond donors (Lipinski definition) is 1. The number of benzene rings is 1. The fraction of sp³-hybridized carbons (Fsp3) is 0.562. The van der Waals surface area contributed by atoms with Crippen molar-refractivity contribution in [3.05, 3.63) is 28.8 Å². The molecule has 2 unspecified atom stereocenters. The lowest BCUT2D eigenvalue weighted by molar-refractivity contribution is -0.159. The van der Waals surface area contributed by atoms with E-state index in [9.17, 15) is 4.79 Å². The smallest absolute Gasteiger partial charge is 0.311 e. The summed E-state index contributed by atoms with van der Waals surface area (Å²) in [6.07, 6.45) is 0. The molecule has 1 saturated heterocycles. The van der Waals surface area contributed by atoms with E-state index in [4.69, 9.17) is 21.1 Å². The molecule has 0 aliphatic carbocycles. The minimum absolute atomic E-state index is 0.0750. The SMILES string of the molecule is COc1cc(C2CNCC2C(=O)OC(C)(C)C)ccc1Cl. The average molecular weight is 312 g/mol. The zero-order valence-corrected chi connectivity index (χ0v) is 13.7. The maximum atomic E-state index is 12.3. The van der Waals surface area contributed by atoms with Gasteiger partial charge in [-0.05, 0) is 38.5 Å². The number of hydrogen-bond acceptors (Lipinski definition) is 4. The van der Waals surface area contributed by atoms with Gasteiger partial charge in [0.1, 0.15) is 11.4 Å². The summed E-state index contributed by atoms with van der Waals surface area (Å²) in [4.78, 5) is 12.3. The largest absolute Gasteiger partial charge is 0.495 e. The minimum Gasteiger partial charge on any atom is -0.495 e. The van der Waals surface area contributed by atoms with Crippen LogP contribution in [0.15, 0.2) is 18.2 Å². The first-order valence-electron chi connectivity index (χ1n) is 7.09. The Morgan fingerprint density at radius 1 is 1.33 bits per heavy atom. The van der Waals surface area contributed by atoms with Gasteiger partial charge in [-0.15, -0.1) is 0 Å². The lowest BCUT2D eigenvalue weighted by Crippen LogP contribution is -2.31. The van der Waals surface area contributed by atoms with E-state index in [1.54, 1.807) is 13.2 Å². The van der Waals surface area contributed by atoms with Crippen molar-refractivity contribution in [1.29, 1.82) is 0 Å². The Morgan fingerprint density at radius 2 is 2.05 bits per heavy atom. The van der Waals surface area contributed by atoms with Gasteiger partial charge in [0.25, 0.3) is 0 Å². The Balaban J connectivity index is 2.20. The van der Waals surface area contributed by atoms with Gasteiger partial charge in [0, 0.05) is 19.0 Å². The molecule has 0 amide bonds. The van der Waals surface area contributed by atoms with Crippen molar-refractivity contribution in [2.24, 2.45) is 5.92 Å². The van der Waals surface area contributed by atoms with Crippen molar-refractivity contribution < 1.29 is 14.3 Å². The molecule has 1 N–H and O–H groups in total.